The van der Waals surface area contributed by atoms with E-state index in [0.29, 0.717) is 10.6 Å². The van der Waals surface area contributed by atoms with Crippen molar-refractivity contribution in [2.24, 2.45) is 0 Å². The van der Waals surface area contributed by atoms with E-state index in [2.05, 4.69) is 36.4 Å². The van der Waals surface area contributed by atoms with E-state index in [9.17, 15) is 5.11 Å². The molecule has 0 radical (unpaired) electrons. The highest BCUT2D eigenvalue weighted by molar-refractivity contribution is 9.10. The van der Waals surface area contributed by atoms with Gasteiger partial charge in [-0.2, -0.15) is 0 Å². The van der Waals surface area contributed by atoms with Gasteiger partial charge in [0, 0.05) is 6.04 Å². The zero-order valence-corrected chi connectivity index (χ0v) is 10.7. The Labute approximate surface area is 103 Å². The molecule has 2 rings (SSSR count). The summed E-state index contributed by atoms with van der Waals surface area (Å²) in [4.78, 5) is 4.28. The maximum absolute atomic E-state index is 9.55. The van der Waals surface area contributed by atoms with Crippen LogP contribution in [0.15, 0.2) is 4.60 Å². The molecule has 6 heteroatoms. The molecule has 1 fully saturated rings. The van der Waals surface area contributed by atoms with Crippen molar-refractivity contribution in [3.05, 3.63) is 10.3 Å². The number of nitrogens with one attached hydrogen (secondary N) is 1. The monoisotopic (exact) mass is 286 g/mol. The van der Waals surface area contributed by atoms with Crippen molar-refractivity contribution in [1.82, 2.24) is 15.2 Å². The Balaban J connectivity index is 2.00. The first-order valence-corrected chi connectivity index (χ1v) is 6.26. The molecule has 0 unspecified atom stereocenters. The van der Waals surface area contributed by atoms with Gasteiger partial charge in [-0.3, -0.25) is 0 Å². The minimum atomic E-state index is -0.198. The fourth-order valence-corrected chi connectivity index (χ4v) is 2.10. The minimum Gasteiger partial charge on any atom is -0.393 e. The number of halogens is 1. The highest BCUT2D eigenvalue weighted by Crippen LogP contribution is 2.21. The first-order chi connectivity index (χ1) is 7.65. The quantitative estimate of drug-likeness (QED) is 0.865. The third-order valence-corrected chi connectivity index (χ3v) is 3.52. The molecule has 0 amide bonds. The van der Waals surface area contributed by atoms with Gasteiger partial charge in [0.25, 0.3) is 0 Å². The lowest BCUT2D eigenvalue weighted by atomic mass is 9.93. The van der Waals surface area contributed by atoms with Crippen LogP contribution in [-0.4, -0.2) is 32.4 Å². The summed E-state index contributed by atoms with van der Waals surface area (Å²) in [6.45, 7) is 1.87. The van der Waals surface area contributed by atoms with Crippen LogP contribution in [0.25, 0.3) is 0 Å². The third kappa shape index (κ3) is 2.89. The highest BCUT2D eigenvalue weighted by atomic mass is 79.9. The molecule has 5 nitrogen and oxygen atoms in total. The molecular weight excluding hydrogens is 272 g/mol. The van der Waals surface area contributed by atoms with Crippen molar-refractivity contribution in [1.29, 1.82) is 0 Å². The van der Waals surface area contributed by atoms with Crippen molar-refractivity contribution in [3.63, 3.8) is 0 Å². The number of hydrogen-bond acceptors (Lipinski definition) is 5. The minimum absolute atomic E-state index is 0.198. The lowest BCUT2D eigenvalue weighted by Gasteiger charge is -2.26. The van der Waals surface area contributed by atoms with Crippen molar-refractivity contribution >= 4 is 21.9 Å². The standard InChI is InChI=1S/C10H15BrN4O/c1-6-9(11)14-15-10(12-6)13-7-3-2-4-8(16)5-7/h7-8,16H,2-5H2,1H3,(H,12,13,15)/t7-,8+/m1/s1. The smallest absolute Gasteiger partial charge is 0.243 e. The summed E-state index contributed by atoms with van der Waals surface area (Å²) in [6, 6.07) is 0.256. The van der Waals surface area contributed by atoms with Crippen LogP contribution in [0.4, 0.5) is 5.95 Å². The molecule has 0 aliphatic heterocycles. The van der Waals surface area contributed by atoms with Gasteiger partial charge in [-0.25, -0.2) is 4.98 Å². The van der Waals surface area contributed by atoms with E-state index in [4.69, 9.17) is 0 Å². The number of rotatable bonds is 2. The predicted molar refractivity (Wildman–Crippen MR) is 64.1 cm³/mol. The summed E-state index contributed by atoms with van der Waals surface area (Å²) >= 11 is 3.26. The number of hydrogen-bond donors (Lipinski definition) is 2. The largest absolute Gasteiger partial charge is 0.393 e. The van der Waals surface area contributed by atoms with Crippen molar-refractivity contribution in [2.45, 2.75) is 44.8 Å². The van der Waals surface area contributed by atoms with Crippen molar-refractivity contribution in [3.8, 4) is 0 Å². The molecular formula is C10H15BrN4O. The topological polar surface area (TPSA) is 70.9 Å². The normalized spacial score (nSPS) is 25.4. The summed E-state index contributed by atoms with van der Waals surface area (Å²) in [6.07, 6.45) is 3.56. The van der Waals surface area contributed by atoms with Gasteiger partial charge < -0.3 is 10.4 Å². The van der Waals surface area contributed by atoms with E-state index in [0.717, 1.165) is 31.4 Å². The second-order valence-corrected chi connectivity index (χ2v) is 4.92. The molecule has 2 N–H and O–H groups in total. The number of aliphatic hydroxyl groups excluding tert-OH is 1. The molecule has 1 aromatic rings. The molecule has 1 aliphatic carbocycles. The average molecular weight is 287 g/mol. The van der Waals surface area contributed by atoms with Gasteiger partial charge >= 0.3 is 0 Å². The van der Waals surface area contributed by atoms with E-state index < -0.39 is 0 Å². The molecule has 0 aromatic carbocycles. The maximum Gasteiger partial charge on any atom is 0.243 e. The van der Waals surface area contributed by atoms with Crippen LogP contribution < -0.4 is 5.32 Å². The molecule has 0 bridgehead atoms. The summed E-state index contributed by atoms with van der Waals surface area (Å²) in [5.41, 5.74) is 0.814. The van der Waals surface area contributed by atoms with E-state index in [1.165, 1.54) is 0 Å². The first kappa shape index (κ1) is 11.7. The summed E-state index contributed by atoms with van der Waals surface area (Å²) < 4.78 is 0.668. The van der Waals surface area contributed by atoms with Crippen molar-refractivity contribution in [2.75, 3.05) is 5.32 Å². The first-order valence-electron chi connectivity index (χ1n) is 5.46. The van der Waals surface area contributed by atoms with Crippen LogP contribution >= 0.6 is 15.9 Å². The van der Waals surface area contributed by atoms with Gasteiger partial charge in [-0.05, 0) is 48.5 Å². The second-order valence-electron chi connectivity index (χ2n) is 4.17. The second kappa shape index (κ2) is 5.05. The molecule has 1 aliphatic rings. The zero-order valence-electron chi connectivity index (χ0n) is 9.15. The van der Waals surface area contributed by atoms with Gasteiger partial charge in [0.05, 0.1) is 11.8 Å². The Morgan fingerprint density at radius 2 is 2.19 bits per heavy atom. The molecule has 0 saturated heterocycles. The van der Waals surface area contributed by atoms with E-state index in [1.807, 2.05) is 6.92 Å². The van der Waals surface area contributed by atoms with Gasteiger partial charge in [-0.1, -0.05) is 0 Å². The number of anilines is 1. The predicted octanol–water partition coefficient (Wildman–Crippen LogP) is 1.66. The lowest BCUT2D eigenvalue weighted by Crippen LogP contribution is -2.30. The molecule has 1 aromatic heterocycles. The Bertz CT molecular complexity index is 374. The molecule has 2 atom stereocenters. The molecule has 16 heavy (non-hydrogen) atoms. The van der Waals surface area contributed by atoms with E-state index in [1.54, 1.807) is 0 Å². The zero-order chi connectivity index (χ0) is 11.5. The number of nitrogens with zero attached hydrogens (tertiary/aromatic N) is 3. The number of aromatic nitrogens is 3. The van der Waals surface area contributed by atoms with Crippen molar-refractivity contribution < 1.29 is 5.11 Å². The summed E-state index contributed by atoms with van der Waals surface area (Å²) in [5.74, 6) is 0.541. The van der Waals surface area contributed by atoms with Crippen LogP contribution in [0.3, 0.4) is 0 Å². The Kier molecular flexibility index (Phi) is 3.70. The highest BCUT2D eigenvalue weighted by Gasteiger charge is 2.20. The van der Waals surface area contributed by atoms with Crippen LogP contribution in [-0.2, 0) is 0 Å². The fraction of sp³-hybridized carbons (Fsp3) is 0.700. The van der Waals surface area contributed by atoms with Crippen LogP contribution in [0, 0.1) is 6.92 Å². The van der Waals surface area contributed by atoms with Crippen LogP contribution in [0.5, 0.6) is 0 Å². The molecule has 88 valence electrons. The number of aliphatic hydroxyl groups is 1. The van der Waals surface area contributed by atoms with E-state index >= 15 is 0 Å². The third-order valence-electron chi connectivity index (χ3n) is 2.78. The summed E-state index contributed by atoms with van der Waals surface area (Å²) in [5, 5.41) is 20.7. The Morgan fingerprint density at radius 1 is 1.38 bits per heavy atom. The SMILES string of the molecule is Cc1nc(N[C@@H]2CCC[C@H](O)C2)nnc1Br. The van der Waals surface area contributed by atoms with Gasteiger partial charge in [0.1, 0.15) is 4.60 Å². The van der Waals surface area contributed by atoms with Gasteiger partial charge in [0.2, 0.25) is 5.95 Å². The van der Waals surface area contributed by atoms with E-state index in [-0.39, 0.29) is 12.1 Å². The molecule has 0 spiro atoms. The number of aryl methyl sites for hydroxylation is 1. The lowest BCUT2D eigenvalue weighted by molar-refractivity contribution is 0.124. The fourth-order valence-electron chi connectivity index (χ4n) is 1.93. The molecule has 1 heterocycles. The summed E-state index contributed by atoms with van der Waals surface area (Å²) in [7, 11) is 0. The van der Waals surface area contributed by atoms with Gasteiger partial charge in [0.15, 0.2) is 0 Å². The Morgan fingerprint density at radius 3 is 2.88 bits per heavy atom. The van der Waals surface area contributed by atoms with Crippen LogP contribution in [0.2, 0.25) is 0 Å². The van der Waals surface area contributed by atoms with Gasteiger partial charge in [-0.15, -0.1) is 10.2 Å². The average Bonchev–Trinajstić information content (AvgIpc) is 2.24. The molecule has 1 saturated carbocycles. The van der Waals surface area contributed by atoms with Crippen LogP contribution in [0.1, 0.15) is 31.4 Å². The Hall–Kier alpha value is -0.750. The maximum atomic E-state index is 9.55.